The Labute approximate surface area is 190 Å². The van der Waals surface area contributed by atoms with E-state index in [4.69, 9.17) is 4.74 Å². The third-order valence-electron chi connectivity index (χ3n) is 6.18. The van der Waals surface area contributed by atoms with Crippen molar-refractivity contribution in [2.45, 2.75) is 39.3 Å². The van der Waals surface area contributed by atoms with Crippen molar-refractivity contribution in [3.63, 3.8) is 0 Å². The summed E-state index contributed by atoms with van der Waals surface area (Å²) in [6.45, 7) is 5.50. The van der Waals surface area contributed by atoms with Crippen LogP contribution in [-0.2, 0) is 6.54 Å². The van der Waals surface area contributed by atoms with Crippen LogP contribution in [0.1, 0.15) is 35.8 Å². The molecule has 3 aromatic heterocycles. The molecule has 168 valence electrons. The van der Waals surface area contributed by atoms with Crippen LogP contribution in [0.15, 0.2) is 53.6 Å². The number of fused-ring (bicyclic) bond motifs is 2. The molecule has 0 aliphatic carbocycles. The fourth-order valence-corrected chi connectivity index (χ4v) is 4.35. The minimum absolute atomic E-state index is 0.0646. The lowest BCUT2D eigenvalue weighted by atomic mass is 10.1. The number of piperidine rings is 1. The van der Waals surface area contributed by atoms with Gasteiger partial charge in [0.15, 0.2) is 0 Å². The van der Waals surface area contributed by atoms with Gasteiger partial charge in [-0.05, 0) is 32.0 Å². The topological polar surface area (TPSA) is 90.2 Å². The van der Waals surface area contributed by atoms with E-state index in [1.807, 2.05) is 42.7 Å². The molecule has 33 heavy (non-hydrogen) atoms. The number of hydrogen-bond donors (Lipinski definition) is 0. The van der Waals surface area contributed by atoms with Crippen molar-refractivity contribution < 1.29 is 9.53 Å². The van der Waals surface area contributed by atoms with Crippen LogP contribution < -0.4 is 10.2 Å². The van der Waals surface area contributed by atoms with Gasteiger partial charge in [-0.1, -0.05) is 18.2 Å². The largest absolute Gasteiger partial charge is 0.473 e. The van der Waals surface area contributed by atoms with Gasteiger partial charge < -0.3 is 14.2 Å². The summed E-state index contributed by atoms with van der Waals surface area (Å²) in [5, 5.41) is 10.6. The third kappa shape index (κ3) is 3.92. The number of amides is 1. The zero-order chi connectivity index (χ0) is 22.9. The summed E-state index contributed by atoms with van der Waals surface area (Å²) in [7, 11) is 0. The molecule has 8 nitrogen and oxygen atoms in total. The molecule has 4 aromatic rings. The van der Waals surface area contributed by atoms with Gasteiger partial charge in [0.1, 0.15) is 17.3 Å². The average Bonchev–Trinajstić information content (AvgIpc) is 2.84. The second-order valence-corrected chi connectivity index (χ2v) is 8.33. The summed E-state index contributed by atoms with van der Waals surface area (Å²) in [5.41, 5.74) is 1.37. The Morgan fingerprint density at radius 3 is 2.70 bits per heavy atom. The molecular weight excluding hydrogens is 418 g/mol. The number of aromatic nitrogens is 4. The molecule has 1 aromatic carbocycles. The number of hydrogen-bond acceptors (Lipinski definition) is 6. The van der Waals surface area contributed by atoms with Gasteiger partial charge in [-0.15, -0.1) is 5.10 Å². The van der Waals surface area contributed by atoms with E-state index in [-0.39, 0.29) is 23.0 Å². The van der Waals surface area contributed by atoms with Crippen LogP contribution in [0.3, 0.4) is 0 Å². The van der Waals surface area contributed by atoms with E-state index >= 15 is 0 Å². The van der Waals surface area contributed by atoms with Gasteiger partial charge in [0.2, 0.25) is 11.3 Å². The molecule has 8 heteroatoms. The maximum Gasteiger partial charge on any atom is 0.259 e. The smallest absolute Gasteiger partial charge is 0.259 e. The second kappa shape index (κ2) is 8.61. The zero-order valence-corrected chi connectivity index (χ0v) is 18.7. The van der Waals surface area contributed by atoms with E-state index < -0.39 is 0 Å². The quantitative estimate of drug-likeness (QED) is 0.481. The summed E-state index contributed by atoms with van der Waals surface area (Å²) in [6.07, 6.45) is 4.62. The van der Waals surface area contributed by atoms with Crippen LogP contribution in [0.25, 0.3) is 21.8 Å². The molecule has 1 saturated heterocycles. The van der Waals surface area contributed by atoms with Crippen molar-refractivity contribution in [2.75, 3.05) is 13.1 Å². The molecule has 0 atom stereocenters. The fraction of sp³-hybridized carbons (Fsp3) is 0.320. The maximum atomic E-state index is 13.3. The van der Waals surface area contributed by atoms with Crippen LogP contribution in [0.4, 0.5) is 0 Å². The first kappa shape index (κ1) is 21.1. The SMILES string of the molecule is CCn1cc(C(=O)N2CCC(Oc3nncc4ccccc34)CC2)c(=O)c2ccc(C)nc21. The molecule has 0 spiro atoms. The lowest BCUT2D eigenvalue weighted by Gasteiger charge is -2.32. The van der Waals surface area contributed by atoms with Crippen LogP contribution in [0.5, 0.6) is 5.88 Å². The van der Waals surface area contributed by atoms with Crippen molar-refractivity contribution in [1.82, 2.24) is 24.6 Å². The van der Waals surface area contributed by atoms with E-state index in [1.54, 1.807) is 29.4 Å². The molecule has 1 aliphatic rings. The summed E-state index contributed by atoms with van der Waals surface area (Å²) >= 11 is 0. The van der Waals surface area contributed by atoms with Gasteiger partial charge in [0.25, 0.3) is 5.91 Å². The Balaban J connectivity index is 1.34. The minimum atomic E-state index is -0.267. The van der Waals surface area contributed by atoms with E-state index in [1.165, 1.54) is 0 Å². The predicted molar refractivity (Wildman–Crippen MR) is 126 cm³/mol. The fourth-order valence-electron chi connectivity index (χ4n) is 4.35. The Kier molecular flexibility index (Phi) is 5.50. The first-order chi connectivity index (χ1) is 16.0. The van der Waals surface area contributed by atoms with Gasteiger partial charge >= 0.3 is 0 Å². The van der Waals surface area contributed by atoms with Gasteiger partial charge in [-0.25, -0.2) is 4.98 Å². The molecule has 0 radical (unpaired) electrons. The molecule has 4 heterocycles. The number of ether oxygens (including phenoxy) is 1. The zero-order valence-electron chi connectivity index (χ0n) is 18.7. The average molecular weight is 444 g/mol. The van der Waals surface area contributed by atoms with Crippen molar-refractivity contribution in [2.24, 2.45) is 0 Å². The third-order valence-corrected chi connectivity index (χ3v) is 6.18. The Hall–Kier alpha value is -3.81. The van der Waals surface area contributed by atoms with Crippen LogP contribution in [0.2, 0.25) is 0 Å². The van der Waals surface area contributed by atoms with Crippen LogP contribution >= 0.6 is 0 Å². The normalized spacial score (nSPS) is 14.7. The number of aryl methyl sites for hydroxylation is 2. The molecular formula is C25H25N5O3. The highest BCUT2D eigenvalue weighted by Crippen LogP contribution is 2.25. The maximum absolute atomic E-state index is 13.3. The Morgan fingerprint density at radius 2 is 1.91 bits per heavy atom. The van der Waals surface area contributed by atoms with E-state index in [0.717, 1.165) is 16.5 Å². The summed E-state index contributed by atoms with van der Waals surface area (Å²) in [4.78, 5) is 32.6. The Morgan fingerprint density at radius 1 is 1.12 bits per heavy atom. The molecule has 5 rings (SSSR count). The van der Waals surface area contributed by atoms with Gasteiger partial charge in [-0.3, -0.25) is 9.59 Å². The molecule has 1 aliphatic heterocycles. The number of carbonyl (C=O) groups excluding carboxylic acids is 1. The highest BCUT2D eigenvalue weighted by Gasteiger charge is 2.27. The number of nitrogens with zero attached hydrogens (tertiary/aromatic N) is 5. The van der Waals surface area contributed by atoms with E-state index in [2.05, 4.69) is 15.2 Å². The lowest BCUT2D eigenvalue weighted by molar-refractivity contribution is 0.0587. The highest BCUT2D eigenvalue weighted by atomic mass is 16.5. The molecule has 1 amide bonds. The van der Waals surface area contributed by atoms with Crippen molar-refractivity contribution in [3.8, 4) is 5.88 Å². The monoisotopic (exact) mass is 443 g/mol. The van der Waals surface area contributed by atoms with Crippen molar-refractivity contribution in [3.05, 3.63) is 70.3 Å². The Bertz CT molecular complexity index is 1400. The molecule has 0 unspecified atom stereocenters. The number of likely N-dealkylation sites (tertiary alicyclic amines) is 1. The number of carbonyl (C=O) groups is 1. The van der Waals surface area contributed by atoms with E-state index in [9.17, 15) is 9.59 Å². The van der Waals surface area contributed by atoms with Gasteiger partial charge in [-0.2, -0.15) is 5.10 Å². The van der Waals surface area contributed by atoms with Gasteiger partial charge in [0, 0.05) is 55.1 Å². The van der Waals surface area contributed by atoms with E-state index in [0.29, 0.717) is 49.4 Å². The highest BCUT2D eigenvalue weighted by molar-refractivity contribution is 5.97. The number of benzene rings is 1. The molecule has 0 saturated carbocycles. The van der Waals surface area contributed by atoms with Crippen LogP contribution in [0, 0.1) is 6.92 Å². The standard InChI is InChI=1S/C25H25N5O3/c1-3-29-15-21(22(31)20-9-8-16(2)27-23(20)29)25(32)30-12-10-18(11-13-30)33-24-19-7-5-4-6-17(19)14-26-28-24/h4-9,14-15,18H,3,10-13H2,1-2H3. The second-order valence-electron chi connectivity index (χ2n) is 8.33. The first-order valence-corrected chi connectivity index (χ1v) is 11.2. The first-order valence-electron chi connectivity index (χ1n) is 11.2. The summed E-state index contributed by atoms with van der Waals surface area (Å²) < 4.78 is 8.01. The van der Waals surface area contributed by atoms with Gasteiger partial charge in [0.05, 0.1) is 11.6 Å². The predicted octanol–water partition coefficient (Wildman–Crippen LogP) is 3.35. The summed E-state index contributed by atoms with van der Waals surface area (Å²) in [6, 6.07) is 11.4. The molecule has 0 bridgehead atoms. The lowest BCUT2D eigenvalue weighted by Crippen LogP contribution is -2.43. The minimum Gasteiger partial charge on any atom is -0.473 e. The summed E-state index contributed by atoms with van der Waals surface area (Å²) in [5.74, 6) is 0.272. The van der Waals surface area contributed by atoms with Crippen molar-refractivity contribution >= 4 is 27.7 Å². The molecule has 0 N–H and O–H groups in total. The number of pyridine rings is 2. The van der Waals surface area contributed by atoms with Crippen molar-refractivity contribution in [1.29, 1.82) is 0 Å². The number of rotatable bonds is 4. The van der Waals surface area contributed by atoms with Crippen LogP contribution in [-0.4, -0.2) is 49.7 Å². The molecule has 1 fully saturated rings.